The Kier molecular flexibility index (Phi) is 9.40. The summed E-state index contributed by atoms with van der Waals surface area (Å²) < 4.78 is 0. The fraction of sp³-hybridized carbons (Fsp3) is 0.684. The van der Waals surface area contributed by atoms with Crippen molar-refractivity contribution in [2.75, 3.05) is 0 Å². The zero-order chi connectivity index (χ0) is 14.6. The number of hydrogen-bond donors (Lipinski definition) is 1. The molecule has 0 aromatic heterocycles. The summed E-state index contributed by atoms with van der Waals surface area (Å²) in [4.78, 5) is 0. The van der Waals surface area contributed by atoms with Crippen LogP contribution in [0.25, 0.3) is 0 Å². The number of unbranched alkanes of at least 4 members (excludes halogenated alkanes) is 4. The smallest absolute Gasteiger partial charge is 0.0322 e. The van der Waals surface area contributed by atoms with Crippen LogP contribution in [-0.2, 0) is 0 Å². The molecule has 0 amide bonds. The van der Waals surface area contributed by atoms with Gasteiger partial charge in [0.25, 0.3) is 0 Å². The van der Waals surface area contributed by atoms with Crippen LogP contribution in [0, 0.1) is 0 Å². The van der Waals surface area contributed by atoms with Gasteiger partial charge >= 0.3 is 0 Å². The molecule has 0 aliphatic heterocycles. The molecule has 1 heteroatoms. The van der Waals surface area contributed by atoms with Gasteiger partial charge in [0.1, 0.15) is 0 Å². The van der Waals surface area contributed by atoms with Crippen molar-refractivity contribution in [3.8, 4) is 0 Å². The molecule has 0 fully saturated rings. The molecule has 1 aromatic rings. The SMILES string of the molecule is CCCCCC(C)NC(CCCCC)c1ccccc1. The lowest BCUT2D eigenvalue weighted by Gasteiger charge is -2.24. The van der Waals surface area contributed by atoms with Gasteiger partial charge in [-0.15, -0.1) is 0 Å². The third-order valence-electron chi connectivity index (χ3n) is 4.02. The first-order chi connectivity index (χ1) is 9.77. The molecule has 2 unspecified atom stereocenters. The van der Waals surface area contributed by atoms with Gasteiger partial charge < -0.3 is 5.32 Å². The van der Waals surface area contributed by atoms with Crippen LogP contribution >= 0.6 is 0 Å². The molecule has 0 aliphatic carbocycles. The number of hydrogen-bond acceptors (Lipinski definition) is 1. The first-order valence-corrected chi connectivity index (χ1v) is 8.58. The van der Waals surface area contributed by atoms with Crippen molar-refractivity contribution in [2.45, 2.75) is 84.2 Å². The third kappa shape index (κ3) is 7.09. The van der Waals surface area contributed by atoms with Crippen LogP contribution in [0.3, 0.4) is 0 Å². The Labute approximate surface area is 126 Å². The molecule has 0 heterocycles. The Morgan fingerprint density at radius 3 is 2.05 bits per heavy atom. The van der Waals surface area contributed by atoms with Crippen LogP contribution in [0.4, 0.5) is 0 Å². The van der Waals surface area contributed by atoms with Crippen molar-refractivity contribution in [3.05, 3.63) is 35.9 Å². The van der Waals surface area contributed by atoms with Crippen molar-refractivity contribution < 1.29 is 0 Å². The lowest BCUT2D eigenvalue weighted by atomic mass is 9.98. The minimum atomic E-state index is 0.527. The van der Waals surface area contributed by atoms with E-state index in [4.69, 9.17) is 0 Å². The number of nitrogens with one attached hydrogen (secondary N) is 1. The molecule has 2 atom stereocenters. The van der Waals surface area contributed by atoms with Gasteiger partial charge in [0.2, 0.25) is 0 Å². The highest BCUT2D eigenvalue weighted by Gasteiger charge is 2.13. The van der Waals surface area contributed by atoms with Crippen molar-refractivity contribution in [1.82, 2.24) is 5.32 Å². The first kappa shape index (κ1) is 17.2. The Morgan fingerprint density at radius 2 is 1.45 bits per heavy atom. The van der Waals surface area contributed by atoms with E-state index in [1.54, 1.807) is 0 Å². The molecule has 1 nitrogen and oxygen atoms in total. The molecule has 1 aromatic carbocycles. The molecule has 0 aliphatic rings. The Balaban J connectivity index is 2.49. The largest absolute Gasteiger partial charge is 0.307 e. The summed E-state index contributed by atoms with van der Waals surface area (Å²) in [5, 5.41) is 3.85. The fourth-order valence-electron chi connectivity index (χ4n) is 2.76. The van der Waals surface area contributed by atoms with Gasteiger partial charge in [-0.1, -0.05) is 82.7 Å². The summed E-state index contributed by atoms with van der Waals surface area (Å²) in [5.41, 5.74) is 1.45. The topological polar surface area (TPSA) is 12.0 Å². The molecule has 0 saturated heterocycles. The average molecular weight is 275 g/mol. The monoisotopic (exact) mass is 275 g/mol. The summed E-state index contributed by atoms with van der Waals surface area (Å²) >= 11 is 0. The summed E-state index contributed by atoms with van der Waals surface area (Å²) in [6.07, 6.45) is 10.5. The zero-order valence-corrected chi connectivity index (χ0v) is 13.7. The number of benzene rings is 1. The highest BCUT2D eigenvalue weighted by molar-refractivity contribution is 5.18. The van der Waals surface area contributed by atoms with Crippen molar-refractivity contribution in [3.63, 3.8) is 0 Å². The van der Waals surface area contributed by atoms with E-state index in [1.165, 1.54) is 56.9 Å². The second-order valence-corrected chi connectivity index (χ2v) is 6.02. The van der Waals surface area contributed by atoms with Crippen molar-refractivity contribution in [1.29, 1.82) is 0 Å². The average Bonchev–Trinajstić information content (AvgIpc) is 2.47. The Morgan fingerprint density at radius 1 is 0.850 bits per heavy atom. The summed E-state index contributed by atoms with van der Waals surface area (Å²) in [5.74, 6) is 0. The standard InChI is InChI=1S/C19H33N/c1-4-6-9-13-17(3)20-19(16-10-7-5-2)18-14-11-8-12-15-18/h8,11-12,14-15,17,19-20H,4-7,9-10,13,16H2,1-3H3. The molecule has 0 bridgehead atoms. The van der Waals surface area contributed by atoms with E-state index in [2.05, 4.69) is 56.4 Å². The fourth-order valence-corrected chi connectivity index (χ4v) is 2.76. The maximum Gasteiger partial charge on any atom is 0.0322 e. The molecule has 1 rings (SSSR count). The minimum absolute atomic E-state index is 0.527. The molecular formula is C19H33N. The van der Waals surface area contributed by atoms with Crippen LogP contribution in [-0.4, -0.2) is 6.04 Å². The minimum Gasteiger partial charge on any atom is -0.307 e. The lowest BCUT2D eigenvalue weighted by Crippen LogP contribution is -2.30. The van der Waals surface area contributed by atoms with Gasteiger partial charge in [0.05, 0.1) is 0 Å². The molecule has 1 N–H and O–H groups in total. The Hall–Kier alpha value is -0.820. The second-order valence-electron chi connectivity index (χ2n) is 6.02. The predicted molar refractivity (Wildman–Crippen MR) is 90.1 cm³/mol. The molecular weight excluding hydrogens is 242 g/mol. The van der Waals surface area contributed by atoms with Crippen LogP contribution in [0.5, 0.6) is 0 Å². The van der Waals surface area contributed by atoms with Gasteiger partial charge in [0.15, 0.2) is 0 Å². The van der Waals surface area contributed by atoms with E-state index in [-0.39, 0.29) is 0 Å². The summed E-state index contributed by atoms with van der Waals surface area (Å²) in [6, 6.07) is 12.1. The van der Waals surface area contributed by atoms with Crippen LogP contribution in [0.2, 0.25) is 0 Å². The lowest BCUT2D eigenvalue weighted by molar-refractivity contribution is 0.396. The van der Waals surface area contributed by atoms with E-state index < -0.39 is 0 Å². The van der Waals surface area contributed by atoms with E-state index in [0.29, 0.717) is 12.1 Å². The quantitative estimate of drug-likeness (QED) is 0.498. The van der Waals surface area contributed by atoms with Gasteiger partial charge in [-0.05, 0) is 25.3 Å². The van der Waals surface area contributed by atoms with Gasteiger partial charge in [-0.25, -0.2) is 0 Å². The number of rotatable bonds is 11. The zero-order valence-electron chi connectivity index (χ0n) is 13.7. The predicted octanol–water partition coefficient (Wildman–Crippen LogP) is 5.87. The highest BCUT2D eigenvalue weighted by Crippen LogP contribution is 2.21. The normalized spacial score (nSPS) is 14.2. The van der Waals surface area contributed by atoms with E-state index in [1.807, 2.05) is 0 Å². The maximum atomic E-state index is 3.85. The first-order valence-electron chi connectivity index (χ1n) is 8.58. The summed E-state index contributed by atoms with van der Waals surface area (Å²) in [7, 11) is 0. The third-order valence-corrected chi connectivity index (χ3v) is 4.02. The van der Waals surface area contributed by atoms with E-state index in [0.717, 1.165) is 0 Å². The summed E-state index contributed by atoms with van der Waals surface area (Å²) in [6.45, 7) is 6.89. The highest BCUT2D eigenvalue weighted by atomic mass is 14.9. The molecule has 0 radical (unpaired) electrons. The van der Waals surface area contributed by atoms with E-state index in [9.17, 15) is 0 Å². The van der Waals surface area contributed by atoms with Crippen molar-refractivity contribution >= 4 is 0 Å². The van der Waals surface area contributed by atoms with Crippen molar-refractivity contribution in [2.24, 2.45) is 0 Å². The van der Waals surface area contributed by atoms with Crippen LogP contribution < -0.4 is 5.32 Å². The van der Waals surface area contributed by atoms with Gasteiger partial charge in [-0.2, -0.15) is 0 Å². The molecule has 20 heavy (non-hydrogen) atoms. The van der Waals surface area contributed by atoms with Gasteiger partial charge in [-0.3, -0.25) is 0 Å². The maximum absolute atomic E-state index is 3.85. The van der Waals surface area contributed by atoms with Crippen LogP contribution in [0.1, 0.15) is 83.7 Å². The van der Waals surface area contributed by atoms with Crippen LogP contribution in [0.15, 0.2) is 30.3 Å². The van der Waals surface area contributed by atoms with E-state index >= 15 is 0 Å². The Bertz CT molecular complexity index is 320. The second kappa shape index (κ2) is 10.9. The molecule has 0 spiro atoms. The van der Waals surface area contributed by atoms with Gasteiger partial charge in [0, 0.05) is 12.1 Å². The molecule has 0 saturated carbocycles. The molecule has 114 valence electrons.